The Hall–Kier alpha value is -0.410. The molecule has 1 unspecified atom stereocenters. The Balaban J connectivity index is 2.38. The molecule has 1 saturated heterocycles. The number of carbonyl (C=O) groups excluding carboxylic acids is 1. The fourth-order valence-electron chi connectivity index (χ4n) is 1.63. The van der Waals surface area contributed by atoms with Crippen molar-refractivity contribution in [1.82, 2.24) is 10.6 Å². The maximum Gasteiger partial charge on any atom is 0.120 e. The molecule has 0 aromatic heterocycles. The predicted molar refractivity (Wildman–Crippen MR) is 44.6 cm³/mol. The van der Waals surface area contributed by atoms with Gasteiger partial charge in [0.25, 0.3) is 0 Å². The average molecular weight is 156 g/mol. The molecule has 0 aromatic rings. The topological polar surface area (TPSA) is 41.1 Å². The minimum Gasteiger partial charge on any atom is -0.315 e. The quantitative estimate of drug-likeness (QED) is 0.559. The molecule has 0 aliphatic carbocycles. The van der Waals surface area contributed by atoms with Crippen LogP contribution in [0.5, 0.6) is 0 Å². The Kier molecular flexibility index (Phi) is 3.02. The molecule has 2 N–H and O–H groups in total. The van der Waals surface area contributed by atoms with E-state index in [1.807, 2.05) is 7.05 Å². The molecule has 1 rings (SSSR count). The van der Waals surface area contributed by atoms with Crippen molar-refractivity contribution in [3.05, 3.63) is 0 Å². The molecule has 3 heteroatoms. The largest absolute Gasteiger partial charge is 0.315 e. The summed E-state index contributed by atoms with van der Waals surface area (Å²) in [5.74, 6) is 0. The SMILES string of the molecule is CNC1(CCC=O)CCNC1. The molecular weight excluding hydrogens is 140 g/mol. The molecular formula is C8H16N2O. The second-order valence-electron chi connectivity index (χ2n) is 3.16. The van der Waals surface area contributed by atoms with Crippen molar-refractivity contribution in [3.63, 3.8) is 0 Å². The molecule has 1 aliphatic heterocycles. The predicted octanol–water partition coefficient (Wildman–Crippen LogP) is -0.0830. The Labute approximate surface area is 67.5 Å². The fourth-order valence-corrected chi connectivity index (χ4v) is 1.63. The lowest BCUT2D eigenvalue weighted by atomic mass is 9.93. The van der Waals surface area contributed by atoms with E-state index in [2.05, 4.69) is 10.6 Å². The van der Waals surface area contributed by atoms with Crippen molar-refractivity contribution < 1.29 is 4.79 Å². The summed E-state index contributed by atoms with van der Waals surface area (Å²) in [5.41, 5.74) is 0.195. The first-order chi connectivity index (χ1) is 5.33. The summed E-state index contributed by atoms with van der Waals surface area (Å²) in [6.45, 7) is 2.07. The first kappa shape index (κ1) is 8.68. The summed E-state index contributed by atoms with van der Waals surface area (Å²) in [5, 5.41) is 6.59. The molecule has 0 aromatic carbocycles. The van der Waals surface area contributed by atoms with Gasteiger partial charge < -0.3 is 15.4 Å². The molecule has 0 bridgehead atoms. The summed E-state index contributed by atoms with van der Waals surface area (Å²) in [6, 6.07) is 0. The molecule has 0 amide bonds. The van der Waals surface area contributed by atoms with E-state index in [1.54, 1.807) is 0 Å². The zero-order valence-electron chi connectivity index (χ0n) is 7.02. The molecule has 1 atom stereocenters. The second kappa shape index (κ2) is 3.83. The molecule has 0 saturated carbocycles. The van der Waals surface area contributed by atoms with Gasteiger partial charge in [-0.3, -0.25) is 0 Å². The van der Waals surface area contributed by atoms with E-state index in [-0.39, 0.29) is 5.54 Å². The monoisotopic (exact) mass is 156 g/mol. The van der Waals surface area contributed by atoms with Crippen LogP contribution in [-0.2, 0) is 4.79 Å². The highest BCUT2D eigenvalue weighted by atomic mass is 16.1. The minimum atomic E-state index is 0.195. The van der Waals surface area contributed by atoms with Crippen LogP contribution in [0.2, 0.25) is 0 Å². The standard InChI is InChI=1S/C8H16N2O/c1-9-8(3-2-6-11)4-5-10-7-8/h6,9-10H,2-5,7H2,1H3. The fraction of sp³-hybridized carbons (Fsp3) is 0.875. The smallest absolute Gasteiger partial charge is 0.120 e. The van der Waals surface area contributed by atoms with Gasteiger partial charge in [-0.2, -0.15) is 0 Å². The van der Waals surface area contributed by atoms with E-state index in [0.29, 0.717) is 6.42 Å². The van der Waals surface area contributed by atoms with Crippen LogP contribution in [0.4, 0.5) is 0 Å². The van der Waals surface area contributed by atoms with E-state index >= 15 is 0 Å². The van der Waals surface area contributed by atoms with Crippen LogP contribution in [0, 0.1) is 0 Å². The molecule has 0 radical (unpaired) electrons. The highest BCUT2D eigenvalue weighted by Gasteiger charge is 2.30. The molecule has 11 heavy (non-hydrogen) atoms. The molecule has 3 nitrogen and oxygen atoms in total. The molecule has 0 spiro atoms. The Bertz CT molecular complexity index is 130. The van der Waals surface area contributed by atoms with Gasteiger partial charge in [0.05, 0.1) is 0 Å². The third kappa shape index (κ3) is 2.01. The van der Waals surface area contributed by atoms with E-state index in [0.717, 1.165) is 32.2 Å². The van der Waals surface area contributed by atoms with Crippen molar-refractivity contribution >= 4 is 6.29 Å². The first-order valence-corrected chi connectivity index (χ1v) is 4.16. The van der Waals surface area contributed by atoms with Crippen molar-refractivity contribution in [2.45, 2.75) is 24.8 Å². The van der Waals surface area contributed by atoms with Crippen molar-refractivity contribution in [2.24, 2.45) is 0 Å². The van der Waals surface area contributed by atoms with Crippen LogP contribution in [0.1, 0.15) is 19.3 Å². The van der Waals surface area contributed by atoms with E-state index in [1.165, 1.54) is 0 Å². The molecule has 1 heterocycles. The van der Waals surface area contributed by atoms with Gasteiger partial charge in [-0.15, -0.1) is 0 Å². The van der Waals surface area contributed by atoms with Crippen LogP contribution >= 0.6 is 0 Å². The van der Waals surface area contributed by atoms with Gasteiger partial charge >= 0.3 is 0 Å². The van der Waals surface area contributed by atoms with Crippen LogP contribution < -0.4 is 10.6 Å². The van der Waals surface area contributed by atoms with E-state index in [4.69, 9.17) is 0 Å². The average Bonchev–Trinajstić information content (AvgIpc) is 2.50. The lowest BCUT2D eigenvalue weighted by Gasteiger charge is -2.26. The highest BCUT2D eigenvalue weighted by Crippen LogP contribution is 2.19. The maximum atomic E-state index is 10.2. The summed E-state index contributed by atoms with van der Waals surface area (Å²) in [6.07, 6.45) is 3.76. The third-order valence-corrected chi connectivity index (χ3v) is 2.51. The molecule has 64 valence electrons. The third-order valence-electron chi connectivity index (χ3n) is 2.51. The zero-order chi connectivity index (χ0) is 8.16. The van der Waals surface area contributed by atoms with Crippen molar-refractivity contribution in [3.8, 4) is 0 Å². The number of carbonyl (C=O) groups is 1. The first-order valence-electron chi connectivity index (χ1n) is 4.16. The normalized spacial score (nSPS) is 30.6. The van der Waals surface area contributed by atoms with Gasteiger partial charge in [-0.1, -0.05) is 0 Å². The Morgan fingerprint density at radius 1 is 1.73 bits per heavy atom. The van der Waals surface area contributed by atoms with Gasteiger partial charge in [0.1, 0.15) is 6.29 Å². The van der Waals surface area contributed by atoms with Crippen LogP contribution in [-0.4, -0.2) is 32.0 Å². The zero-order valence-corrected chi connectivity index (χ0v) is 7.02. The molecule has 1 fully saturated rings. The number of hydrogen-bond donors (Lipinski definition) is 2. The van der Waals surface area contributed by atoms with E-state index in [9.17, 15) is 4.79 Å². The van der Waals surface area contributed by atoms with Crippen molar-refractivity contribution in [1.29, 1.82) is 0 Å². The lowest BCUT2D eigenvalue weighted by molar-refractivity contribution is -0.108. The summed E-state index contributed by atoms with van der Waals surface area (Å²) >= 11 is 0. The Morgan fingerprint density at radius 2 is 2.55 bits per heavy atom. The molecule has 1 aliphatic rings. The van der Waals surface area contributed by atoms with Gasteiger partial charge in [0.15, 0.2) is 0 Å². The second-order valence-corrected chi connectivity index (χ2v) is 3.16. The number of hydrogen-bond acceptors (Lipinski definition) is 3. The number of nitrogens with one attached hydrogen (secondary N) is 2. The van der Waals surface area contributed by atoms with Crippen LogP contribution in [0.15, 0.2) is 0 Å². The summed E-state index contributed by atoms with van der Waals surface area (Å²) in [7, 11) is 1.97. The summed E-state index contributed by atoms with van der Waals surface area (Å²) in [4.78, 5) is 10.2. The van der Waals surface area contributed by atoms with Gasteiger partial charge in [-0.05, 0) is 26.4 Å². The number of rotatable bonds is 4. The maximum absolute atomic E-state index is 10.2. The number of likely N-dealkylation sites (N-methyl/N-ethyl adjacent to an activating group) is 1. The van der Waals surface area contributed by atoms with Crippen molar-refractivity contribution in [2.75, 3.05) is 20.1 Å². The van der Waals surface area contributed by atoms with E-state index < -0.39 is 0 Å². The van der Waals surface area contributed by atoms with Crippen LogP contribution in [0.3, 0.4) is 0 Å². The highest BCUT2D eigenvalue weighted by molar-refractivity contribution is 5.49. The lowest BCUT2D eigenvalue weighted by Crippen LogP contribution is -2.44. The van der Waals surface area contributed by atoms with Gasteiger partial charge in [-0.25, -0.2) is 0 Å². The van der Waals surface area contributed by atoms with Crippen LogP contribution in [0.25, 0.3) is 0 Å². The minimum absolute atomic E-state index is 0.195. The van der Waals surface area contributed by atoms with Gasteiger partial charge in [0, 0.05) is 18.5 Å². The summed E-state index contributed by atoms with van der Waals surface area (Å²) < 4.78 is 0. The Morgan fingerprint density at radius 3 is 3.00 bits per heavy atom. The number of aldehydes is 1. The van der Waals surface area contributed by atoms with Gasteiger partial charge in [0.2, 0.25) is 0 Å².